The fourth-order valence-electron chi connectivity index (χ4n) is 5.78. The molecule has 6 heteroatoms. The number of rotatable bonds is 39. The zero-order valence-electron chi connectivity index (χ0n) is 35.7. The Morgan fingerprint density at radius 2 is 0.727 bits per heavy atom. The van der Waals surface area contributed by atoms with Crippen molar-refractivity contribution in [2.45, 2.75) is 207 Å². The molecule has 0 saturated carbocycles. The number of carbonyl (C=O) groups excluding carboxylic acids is 3. The van der Waals surface area contributed by atoms with Gasteiger partial charge >= 0.3 is 17.9 Å². The molecule has 314 valence electrons. The molecule has 0 aliphatic carbocycles. The third kappa shape index (κ3) is 41.8. The molecule has 0 saturated heterocycles. The number of allylic oxidation sites excluding steroid dienone is 12. The second-order valence-electron chi connectivity index (χ2n) is 14.6. The van der Waals surface area contributed by atoms with Crippen LogP contribution in [0.5, 0.6) is 0 Å². The van der Waals surface area contributed by atoms with E-state index < -0.39 is 6.10 Å². The third-order valence-electron chi connectivity index (χ3n) is 9.16. The first kappa shape index (κ1) is 51.9. The minimum absolute atomic E-state index is 0.105. The molecule has 1 unspecified atom stereocenters. The zero-order chi connectivity index (χ0) is 40.1. The third-order valence-corrected chi connectivity index (χ3v) is 9.16. The molecule has 0 fully saturated rings. The lowest BCUT2D eigenvalue weighted by Crippen LogP contribution is -2.30. The van der Waals surface area contributed by atoms with Crippen LogP contribution in [0.3, 0.4) is 0 Å². The highest BCUT2D eigenvalue weighted by Crippen LogP contribution is 2.12. The van der Waals surface area contributed by atoms with E-state index in [1.165, 1.54) is 57.8 Å². The van der Waals surface area contributed by atoms with Crippen molar-refractivity contribution in [2.24, 2.45) is 0 Å². The maximum Gasteiger partial charge on any atom is 0.306 e. The Hall–Kier alpha value is -3.15. The predicted octanol–water partition coefficient (Wildman–Crippen LogP) is 14.3. The van der Waals surface area contributed by atoms with Gasteiger partial charge in [0.05, 0.1) is 0 Å². The van der Waals surface area contributed by atoms with Crippen LogP contribution in [-0.2, 0) is 28.6 Å². The summed E-state index contributed by atoms with van der Waals surface area (Å²) in [7, 11) is 0. The van der Waals surface area contributed by atoms with Gasteiger partial charge < -0.3 is 14.2 Å². The molecule has 0 heterocycles. The molecule has 1 atom stereocenters. The van der Waals surface area contributed by atoms with Crippen LogP contribution in [0.2, 0.25) is 0 Å². The van der Waals surface area contributed by atoms with Crippen molar-refractivity contribution in [1.29, 1.82) is 0 Å². The molecular weight excluding hydrogens is 685 g/mol. The Bertz CT molecular complexity index is 1070. The number of ether oxygens (including phenoxy) is 3. The highest BCUT2D eigenvalue weighted by molar-refractivity contribution is 5.71. The van der Waals surface area contributed by atoms with Gasteiger partial charge in [0, 0.05) is 19.3 Å². The van der Waals surface area contributed by atoms with Gasteiger partial charge in [-0.3, -0.25) is 14.4 Å². The Balaban J connectivity index is 4.46. The molecular formula is C49H82O6. The van der Waals surface area contributed by atoms with Gasteiger partial charge in [-0.05, 0) is 103 Å². The largest absolute Gasteiger partial charge is 0.462 e. The van der Waals surface area contributed by atoms with Crippen LogP contribution in [0.1, 0.15) is 201 Å². The smallest absolute Gasteiger partial charge is 0.306 e. The van der Waals surface area contributed by atoms with Crippen LogP contribution >= 0.6 is 0 Å². The van der Waals surface area contributed by atoms with E-state index in [0.717, 1.165) is 96.3 Å². The van der Waals surface area contributed by atoms with Gasteiger partial charge in [0.25, 0.3) is 0 Å². The number of esters is 3. The monoisotopic (exact) mass is 767 g/mol. The van der Waals surface area contributed by atoms with Gasteiger partial charge in [-0.25, -0.2) is 0 Å². The number of hydrogen-bond acceptors (Lipinski definition) is 6. The number of unbranched alkanes of at least 4 members (excludes halogenated alkanes) is 16. The highest BCUT2D eigenvalue weighted by Gasteiger charge is 2.19. The van der Waals surface area contributed by atoms with E-state index in [4.69, 9.17) is 14.2 Å². The van der Waals surface area contributed by atoms with E-state index in [0.29, 0.717) is 25.7 Å². The van der Waals surface area contributed by atoms with Crippen LogP contribution in [0.4, 0.5) is 0 Å². The van der Waals surface area contributed by atoms with Crippen molar-refractivity contribution in [3.63, 3.8) is 0 Å². The van der Waals surface area contributed by atoms with Gasteiger partial charge in [-0.1, -0.05) is 151 Å². The van der Waals surface area contributed by atoms with Crippen molar-refractivity contribution < 1.29 is 28.6 Å². The number of carbonyl (C=O) groups is 3. The lowest BCUT2D eigenvalue weighted by molar-refractivity contribution is -0.167. The van der Waals surface area contributed by atoms with E-state index >= 15 is 0 Å². The molecule has 0 aromatic rings. The van der Waals surface area contributed by atoms with Crippen molar-refractivity contribution in [3.8, 4) is 0 Å². The summed E-state index contributed by atoms with van der Waals surface area (Å²) in [6.07, 6.45) is 53.2. The predicted molar refractivity (Wildman–Crippen MR) is 233 cm³/mol. The van der Waals surface area contributed by atoms with Gasteiger partial charge in [0.1, 0.15) is 13.2 Å². The van der Waals surface area contributed by atoms with Gasteiger partial charge in [-0.15, -0.1) is 0 Å². The summed E-state index contributed by atoms with van der Waals surface area (Å²) in [5.74, 6) is -0.986. The molecule has 55 heavy (non-hydrogen) atoms. The first-order valence-electron chi connectivity index (χ1n) is 22.4. The summed E-state index contributed by atoms with van der Waals surface area (Å²) in [5, 5.41) is 0. The molecule has 0 aliphatic heterocycles. The van der Waals surface area contributed by atoms with Crippen molar-refractivity contribution in [3.05, 3.63) is 72.9 Å². The molecule has 0 amide bonds. The summed E-state index contributed by atoms with van der Waals surface area (Å²) in [6, 6.07) is 0. The van der Waals surface area contributed by atoms with Gasteiger partial charge in [0.2, 0.25) is 0 Å². The van der Waals surface area contributed by atoms with Crippen LogP contribution in [0, 0.1) is 0 Å². The van der Waals surface area contributed by atoms with Crippen LogP contribution in [0.15, 0.2) is 72.9 Å². The topological polar surface area (TPSA) is 78.9 Å². The normalized spacial score (nSPS) is 12.7. The lowest BCUT2D eigenvalue weighted by Gasteiger charge is -2.18. The summed E-state index contributed by atoms with van der Waals surface area (Å²) < 4.78 is 16.6. The first-order valence-corrected chi connectivity index (χ1v) is 22.4. The Morgan fingerprint density at radius 1 is 0.382 bits per heavy atom. The summed E-state index contributed by atoms with van der Waals surface area (Å²) in [4.78, 5) is 37.6. The summed E-state index contributed by atoms with van der Waals surface area (Å²) in [5.41, 5.74) is 0. The second kappa shape index (κ2) is 43.6. The van der Waals surface area contributed by atoms with E-state index in [1.54, 1.807) is 0 Å². The summed E-state index contributed by atoms with van der Waals surface area (Å²) >= 11 is 0. The fraction of sp³-hybridized carbons (Fsp3) is 0.694. The Kier molecular flexibility index (Phi) is 41.1. The molecule has 0 spiro atoms. The minimum Gasteiger partial charge on any atom is -0.462 e. The van der Waals surface area contributed by atoms with Gasteiger partial charge in [-0.2, -0.15) is 0 Å². The van der Waals surface area contributed by atoms with Crippen molar-refractivity contribution >= 4 is 17.9 Å². The molecule has 0 radical (unpaired) electrons. The number of hydrogen-bond donors (Lipinski definition) is 0. The zero-order valence-corrected chi connectivity index (χ0v) is 35.7. The standard InChI is InChI=1S/C49H82O6/c1-4-7-10-13-16-19-21-23-24-25-26-28-30-33-36-39-42-48(51)54-45-46(44-53-47(50)41-38-35-32-29-18-15-12-9-6-3)55-49(52)43-40-37-34-31-27-22-20-17-14-11-8-5-2/h7,10,16-17,19-20,23-24,26,28-29,32,46H,4-6,8-9,11-15,18,21-22,25,27,30-31,33-45H2,1-3H3/b10-7-,19-16-,20-17-,24-23-,28-26-,32-29-. The van der Waals surface area contributed by atoms with Crippen LogP contribution < -0.4 is 0 Å². The van der Waals surface area contributed by atoms with E-state index in [1.807, 2.05) is 0 Å². The van der Waals surface area contributed by atoms with E-state index in [9.17, 15) is 14.4 Å². The van der Waals surface area contributed by atoms with Crippen LogP contribution in [-0.4, -0.2) is 37.2 Å². The lowest BCUT2D eigenvalue weighted by atomic mass is 10.1. The molecule has 0 aromatic carbocycles. The first-order chi connectivity index (χ1) is 27.0. The molecule has 6 nitrogen and oxygen atoms in total. The minimum atomic E-state index is -0.800. The van der Waals surface area contributed by atoms with Crippen LogP contribution in [0.25, 0.3) is 0 Å². The van der Waals surface area contributed by atoms with Gasteiger partial charge in [0.15, 0.2) is 6.10 Å². The average Bonchev–Trinajstić information content (AvgIpc) is 3.18. The van der Waals surface area contributed by atoms with Crippen molar-refractivity contribution in [1.82, 2.24) is 0 Å². The maximum absolute atomic E-state index is 12.7. The second-order valence-corrected chi connectivity index (χ2v) is 14.6. The molecule has 0 aliphatic rings. The molecule has 0 rings (SSSR count). The Morgan fingerprint density at radius 3 is 1.25 bits per heavy atom. The highest BCUT2D eigenvalue weighted by atomic mass is 16.6. The summed E-state index contributed by atoms with van der Waals surface area (Å²) in [6.45, 7) is 6.38. The quantitative estimate of drug-likeness (QED) is 0.0268. The molecule has 0 bridgehead atoms. The molecule has 0 aromatic heterocycles. The maximum atomic E-state index is 12.7. The van der Waals surface area contributed by atoms with Crippen molar-refractivity contribution in [2.75, 3.05) is 13.2 Å². The average molecular weight is 767 g/mol. The van der Waals surface area contributed by atoms with E-state index in [2.05, 4.69) is 93.7 Å². The SMILES string of the molecule is CC/C=C\C/C=C\C/C=C\C/C=C\CCCCCC(=O)OCC(COC(=O)CCC/C=C\CCCCCC)OC(=O)CCCCCCC/C=C\CCCCC. The fourth-order valence-corrected chi connectivity index (χ4v) is 5.78. The molecule has 0 N–H and O–H groups in total. The van der Waals surface area contributed by atoms with E-state index in [-0.39, 0.29) is 31.1 Å². The Labute approximate surface area is 338 Å².